The van der Waals surface area contributed by atoms with Crippen LogP contribution in [0.25, 0.3) is 39.0 Å². The minimum Gasteiger partial charge on any atom is -0.0619 e. The van der Waals surface area contributed by atoms with Crippen molar-refractivity contribution in [2.75, 3.05) is 0 Å². The summed E-state index contributed by atoms with van der Waals surface area (Å²) in [6.07, 6.45) is 0. The summed E-state index contributed by atoms with van der Waals surface area (Å²) in [5, 5.41) is 0. The van der Waals surface area contributed by atoms with Gasteiger partial charge in [-0.25, -0.2) is 0 Å². The summed E-state index contributed by atoms with van der Waals surface area (Å²) < 4.78 is 0. The molecular weight excluding hydrogens is 480 g/mol. The predicted octanol–water partition coefficient (Wildman–Crippen LogP) is 9.42. The SMILES string of the molecule is c1ccc2c(c1)C(=C1C3(c4ccccc4-c4ccccc43)C13c1ccccc1-c1ccccc13)c1ccccc1-2. The molecule has 0 nitrogen and oxygen atoms in total. The summed E-state index contributed by atoms with van der Waals surface area (Å²) in [5.74, 6) is 0. The first-order chi connectivity index (χ1) is 19.9. The zero-order valence-electron chi connectivity index (χ0n) is 21.9. The summed E-state index contributed by atoms with van der Waals surface area (Å²) in [5.41, 5.74) is 19.0. The zero-order chi connectivity index (χ0) is 26.1. The number of hydrogen-bond donors (Lipinski definition) is 0. The molecule has 1 saturated carbocycles. The van der Waals surface area contributed by atoms with Crippen LogP contribution in [0, 0.1) is 0 Å². The third-order valence-electron chi connectivity index (χ3n) is 10.1. The Bertz CT molecular complexity index is 1880. The first kappa shape index (κ1) is 21.0. The Morgan fingerprint density at radius 1 is 0.250 bits per heavy atom. The smallest absolute Gasteiger partial charge is 0.0619 e. The first-order valence-corrected chi connectivity index (χ1v) is 14.2. The molecular formula is C40H24. The molecule has 0 heteroatoms. The monoisotopic (exact) mass is 504 g/mol. The Morgan fingerprint density at radius 2 is 0.500 bits per heavy atom. The van der Waals surface area contributed by atoms with Crippen molar-refractivity contribution in [3.05, 3.63) is 185 Å². The van der Waals surface area contributed by atoms with Crippen LogP contribution in [0.4, 0.5) is 0 Å². The van der Waals surface area contributed by atoms with Gasteiger partial charge in [0.1, 0.15) is 0 Å². The van der Waals surface area contributed by atoms with Gasteiger partial charge in [-0.3, -0.25) is 0 Å². The molecule has 0 N–H and O–H groups in total. The average molecular weight is 505 g/mol. The minimum atomic E-state index is -0.275. The van der Waals surface area contributed by atoms with Crippen LogP contribution in [0.15, 0.2) is 151 Å². The van der Waals surface area contributed by atoms with Crippen molar-refractivity contribution in [2.24, 2.45) is 0 Å². The van der Waals surface area contributed by atoms with Crippen molar-refractivity contribution in [3.8, 4) is 33.4 Å². The molecule has 0 aliphatic heterocycles. The Labute approximate surface area is 233 Å². The predicted molar refractivity (Wildman–Crippen MR) is 163 cm³/mol. The van der Waals surface area contributed by atoms with Gasteiger partial charge < -0.3 is 0 Å². The molecule has 2 spiro atoms. The molecule has 4 aliphatic carbocycles. The van der Waals surface area contributed by atoms with Crippen LogP contribution in [0.3, 0.4) is 0 Å². The molecule has 10 rings (SSSR count). The van der Waals surface area contributed by atoms with Gasteiger partial charge in [-0.1, -0.05) is 146 Å². The molecule has 184 valence electrons. The topological polar surface area (TPSA) is 0 Å². The van der Waals surface area contributed by atoms with E-state index in [1.165, 1.54) is 77.9 Å². The molecule has 0 amide bonds. The fourth-order valence-electron chi connectivity index (χ4n) is 8.88. The highest BCUT2D eigenvalue weighted by molar-refractivity contribution is 6.11. The molecule has 0 radical (unpaired) electrons. The zero-order valence-corrected chi connectivity index (χ0v) is 21.9. The Balaban J connectivity index is 1.48. The molecule has 6 aromatic rings. The van der Waals surface area contributed by atoms with Gasteiger partial charge in [0, 0.05) is 0 Å². The lowest BCUT2D eigenvalue weighted by molar-refractivity contribution is 0.719. The second-order valence-corrected chi connectivity index (χ2v) is 11.5. The van der Waals surface area contributed by atoms with E-state index in [2.05, 4.69) is 146 Å². The Hall–Kier alpha value is -4.94. The highest BCUT2D eigenvalue weighted by Crippen LogP contribution is 2.84. The van der Waals surface area contributed by atoms with Crippen molar-refractivity contribution in [2.45, 2.75) is 10.8 Å². The van der Waals surface area contributed by atoms with Gasteiger partial charge in [-0.2, -0.15) is 0 Å². The molecule has 6 aromatic carbocycles. The van der Waals surface area contributed by atoms with E-state index in [9.17, 15) is 0 Å². The largest absolute Gasteiger partial charge is 0.0621 e. The van der Waals surface area contributed by atoms with E-state index < -0.39 is 0 Å². The quantitative estimate of drug-likeness (QED) is 0.193. The minimum absolute atomic E-state index is 0.275. The van der Waals surface area contributed by atoms with E-state index in [4.69, 9.17) is 0 Å². The van der Waals surface area contributed by atoms with Crippen LogP contribution in [-0.4, -0.2) is 0 Å². The second-order valence-electron chi connectivity index (χ2n) is 11.5. The fraction of sp³-hybridized carbons (Fsp3) is 0.0500. The third kappa shape index (κ3) is 2.07. The number of allylic oxidation sites excluding steroid dienone is 1. The van der Waals surface area contributed by atoms with Gasteiger partial charge in [0.05, 0.1) is 10.8 Å². The van der Waals surface area contributed by atoms with Crippen LogP contribution >= 0.6 is 0 Å². The van der Waals surface area contributed by atoms with Crippen LogP contribution in [0.2, 0.25) is 0 Å². The lowest BCUT2D eigenvalue weighted by Crippen LogP contribution is -2.21. The van der Waals surface area contributed by atoms with Crippen LogP contribution in [0.1, 0.15) is 33.4 Å². The van der Waals surface area contributed by atoms with E-state index in [-0.39, 0.29) is 10.8 Å². The standard InChI is InChI=1S/C40H24/c1-3-19-31-25(13-1)26-14-2-4-20-32(26)37(31)38-39(33-21-9-5-15-27(33)28-16-6-10-22-34(28)39)40(38)35-23-11-7-17-29(35)30-18-8-12-24-36(30)40/h1-24H. The van der Waals surface area contributed by atoms with Crippen molar-refractivity contribution >= 4 is 5.57 Å². The summed E-state index contributed by atoms with van der Waals surface area (Å²) >= 11 is 0. The van der Waals surface area contributed by atoms with Crippen molar-refractivity contribution in [1.82, 2.24) is 0 Å². The summed E-state index contributed by atoms with van der Waals surface area (Å²) in [4.78, 5) is 0. The van der Waals surface area contributed by atoms with E-state index in [0.29, 0.717) is 0 Å². The molecule has 0 unspecified atom stereocenters. The molecule has 0 atom stereocenters. The number of benzene rings is 6. The second kappa shape index (κ2) is 6.97. The van der Waals surface area contributed by atoms with Gasteiger partial charge in [-0.05, 0) is 77.9 Å². The maximum Gasteiger partial charge on any atom is 0.0621 e. The Kier molecular flexibility index (Phi) is 3.65. The van der Waals surface area contributed by atoms with Gasteiger partial charge >= 0.3 is 0 Å². The van der Waals surface area contributed by atoms with Gasteiger partial charge in [-0.15, -0.1) is 0 Å². The van der Waals surface area contributed by atoms with Gasteiger partial charge in [0.2, 0.25) is 0 Å². The lowest BCUT2D eigenvalue weighted by atomic mass is 9.78. The average Bonchev–Trinajstić information content (AvgIpc) is 3.22. The van der Waals surface area contributed by atoms with E-state index in [1.807, 2.05) is 0 Å². The van der Waals surface area contributed by atoms with Crippen LogP contribution in [0.5, 0.6) is 0 Å². The van der Waals surface area contributed by atoms with Crippen molar-refractivity contribution in [3.63, 3.8) is 0 Å². The van der Waals surface area contributed by atoms with E-state index in [1.54, 1.807) is 0 Å². The first-order valence-electron chi connectivity index (χ1n) is 14.2. The molecule has 40 heavy (non-hydrogen) atoms. The Morgan fingerprint density at radius 3 is 0.825 bits per heavy atom. The van der Waals surface area contributed by atoms with Crippen molar-refractivity contribution in [1.29, 1.82) is 0 Å². The highest BCUT2D eigenvalue weighted by atomic mass is 14.8. The molecule has 0 bridgehead atoms. The third-order valence-corrected chi connectivity index (χ3v) is 10.1. The number of hydrogen-bond acceptors (Lipinski definition) is 0. The summed E-state index contributed by atoms with van der Waals surface area (Å²) in [7, 11) is 0. The molecule has 0 saturated heterocycles. The molecule has 1 fully saturated rings. The number of rotatable bonds is 0. The number of fused-ring (bicyclic) bond motifs is 14. The van der Waals surface area contributed by atoms with Gasteiger partial charge in [0.25, 0.3) is 0 Å². The summed E-state index contributed by atoms with van der Waals surface area (Å²) in [6, 6.07) is 54.8. The molecule has 0 heterocycles. The lowest BCUT2D eigenvalue weighted by Gasteiger charge is -2.21. The van der Waals surface area contributed by atoms with Crippen LogP contribution < -0.4 is 0 Å². The van der Waals surface area contributed by atoms with Crippen molar-refractivity contribution < 1.29 is 0 Å². The van der Waals surface area contributed by atoms with Gasteiger partial charge in [0.15, 0.2) is 0 Å². The summed E-state index contributed by atoms with van der Waals surface area (Å²) in [6.45, 7) is 0. The highest BCUT2D eigenvalue weighted by Gasteiger charge is 2.80. The fourth-order valence-corrected chi connectivity index (χ4v) is 8.88. The van der Waals surface area contributed by atoms with E-state index in [0.717, 1.165) is 0 Å². The van der Waals surface area contributed by atoms with Crippen LogP contribution in [-0.2, 0) is 10.8 Å². The maximum atomic E-state index is 2.40. The molecule has 4 aliphatic rings. The molecule has 0 aromatic heterocycles. The maximum absolute atomic E-state index is 2.40. The normalized spacial score (nSPS) is 16.8. The van der Waals surface area contributed by atoms with E-state index >= 15 is 0 Å².